The quantitative estimate of drug-likeness (QED) is 0.287. The van der Waals surface area contributed by atoms with Gasteiger partial charge in [-0.15, -0.1) is 0 Å². The molecule has 0 atom stereocenters. The Morgan fingerprint density at radius 1 is 0.878 bits per heavy atom. The topological polar surface area (TPSA) is 108 Å². The Morgan fingerprint density at radius 3 is 2.10 bits per heavy atom. The number of piperazine rings is 1. The van der Waals surface area contributed by atoms with Gasteiger partial charge in [-0.05, 0) is 79.6 Å². The minimum absolute atomic E-state index is 0.119. The van der Waals surface area contributed by atoms with Gasteiger partial charge in [-0.2, -0.15) is 4.31 Å². The molecule has 4 aromatic rings. The molecule has 1 saturated heterocycles. The predicted molar refractivity (Wildman–Crippen MR) is 163 cm³/mol. The molecule has 2 heterocycles. The van der Waals surface area contributed by atoms with Crippen molar-refractivity contribution in [2.75, 3.05) is 41.7 Å². The smallest absolute Gasteiger partial charge is 0.243 e. The summed E-state index contributed by atoms with van der Waals surface area (Å²) in [6.07, 6.45) is 1.70. The van der Waals surface area contributed by atoms with Crippen molar-refractivity contribution in [2.24, 2.45) is 0 Å². The number of aromatic nitrogens is 2. The van der Waals surface area contributed by atoms with E-state index in [0.717, 1.165) is 28.3 Å². The Bertz CT molecular complexity index is 1650. The Balaban J connectivity index is 1.21. The van der Waals surface area contributed by atoms with Gasteiger partial charge in [-0.3, -0.25) is 4.79 Å². The van der Waals surface area contributed by atoms with Gasteiger partial charge in [0.15, 0.2) is 0 Å². The van der Waals surface area contributed by atoms with Gasteiger partial charge in [0.2, 0.25) is 21.9 Å². The number of nitrogens with zero attached hydrogens (tertiary/aromatic N) is 4. The molecule has 1 aliphatic heterocycles. The zero-order valence-corrected chi connectivity index (χ0v) is 24.6. The fourth-order valence-electron chi connectivity index (χ4n) is 5.01. The lowest BCUT2D eigenvalue weighted by Crippen LogP contribution is -2.48. The van der Waals surface area contributed by atoms with Crippen molar-refractivity contribution >= 4 is 50.5 Å². The third-order valence-corrected chi connectivity index (χ3v) is 9.33. The molecule has 2 N–H and O–H groups in total. The lowest BCUT2D eigenvalue weighted by Gasteiger charge is -2.36. The predicted octanol–water partition coefficient (Wildman–Crippen LogP) is 5.63. The Morgan fingerprint density at radius 2 is 1.49 bits per heavy atom. The second kappa shape index (κ2) is 11.9. The maximum absolute atomic E-state index is 13.4. The van der Waals surface area contributed by atoms with Gasteiger partial charge in [0, 0.05) is 66.9 Å². The van der Waals surface area contributed by atoms with E-state index >= 15 is 0 Å². The lowest BCUT2D eigenvalue weighted by atomic mass is 10.1. The highest BCUT2D eigenvalue weighted by Crippen LogP contribution is 2.29. The number of carbonyl (C=O) groups excluding carboxylic acids is 1. The summed E-state index contributed by atoms with van der Waals surface area (Å²) in [6.45, 7) is 7.01. The van der Waals surface area contributed by atoms with Crippen LogP contribution in [0.3, 0.4) is 0 Å². The Hall–Kier alpha value is -3.99. The summed E-state index contributed by atoms with van der Waals surface area (Å²) in [5.41, 5.74) is 5.56. The van der Waals surface area contributed by atoms with Crippen LogP contribution >= 0.6 is 11.6 Å². The summed E-state index contributed by atoms with van der Waals surface area (Å²) in [5, 5.41) is 6.54. The molecule has 0 bridgehead atoms. The number of hydrogen-bond donors (Lipinski definition) is 2. The molecule has 0 saturated carbocycles. The van der Waals surface area contributed by atoms with Gasteiger partial charge in [-0.25, -0.2) is 18.4 Å². The summed E-state index contributed by atoms with van der Waals surface area (Å²) < 4.78 is 28.4. The number of nitrogens with one attached hydrogen (secondary N) is 2. The number of halogens is 1. The normalized spacial score (nSPS) is 14.1. The highest BCUT2D eigenvalue weighted by molar-refractivity contribution is 7.89. The van der Waals surface area contributed by atoms with Crippen LogP contribution in [0.25, 0.3) is 11.3 Å². The molecule has 1 fully saturated rings. The largest absolute Gasteiger partial charge is 0.369 e. The Labute approximate surface area is 245 Å². The van der Waals surface area contributed by atoms with Crippen LogP contribution < -0.4 is 15.5 Å². The summed E-state index contributed by atoms with van der Waals surface area (Å²) in [5.74, 6) is 0.347. The molecular formula is C30H31ClN6O3S. The number of rotatable bonds is 7. The first-order chi connectivity index (χ1) is 19.6. The van der Waals surface area contributed by atoms with Crippen molar-refractivity contribution in [1.82, 2.24) is 14.3 Å². The standard InChI is InChI=1S/C30H31ClN6O3S/c1-20-18-24(31)19-21(2)29(20)41(39,40)37-16-14-36(15-17-37)27-10-8-26(9-11-27)34-30-32-13-12-28(35-30)23-4-6-25(7-5-23)33-22(3)38/h4-13,18-19H,14-17H2,1-3H3,(H,33,38)(H,32,34,35). The molecule has 1 aliphatic rings. The molecule has 11 heteroatoms. The summed E-state index contributed by atoms with van der Waals surface area (Å²) in [6, 6.07) is 20.6. The third kappa shape index (κ3) is 6.51. The maximum atomic E-state index is 13.4. The van der Waals surface area contributed by atoms with Crippen molar-refractivity contribution in [3.05, 3.63) is 89.1 Å². The van der Waals surface area contributed by atoms with Crippen LogP contribution in [-0.2, 0) is 14.8 Å². The van der Waals surface area contributed by atoms with E-state index in [2.05, 4.69) is 25.5 Å². The number of benzene rings is 3. The van der Waals surface area contributed by atoms with Crippen LogP contribution in [-0.4, -0.2) is 54.8 Å². The summed E-state index contributed by atoms with van der Waals surface area (Å²) in [4.78, 5) is 22.7. The van der Waals surface area contributed by atoms with Crippen LogP contribution in [0.5, 0.6) is 0 Å². The molecule has 0 radical (unpaired) electrons. The zero-order valence-electron chi connectivity index (χ0n) is 23.1. The number of hydrogen-bond acceptors (Lipinski definition) is 7. The van der Waals surface area contributed by atoms with Crippen LogP contribution in [0.4, 0.5) is 23.0 Å². The van der Waals surface area contributed by atoms with Crippen LogP contribution in [0.2, 0.25) is 5.02 Å². The van der Waals surface area contributed by atoms with E-state index in [-0.39, 0.29) is 5.91 Å². The van der Waals surface area contributed by atoms with Crippen LogP contribution in [0.1, 0.15) is 18.1 Å². The van der Waals surface area contributed by atoms with Crippen LogP contribution in [0, 0.1) is 13.8 Å². The summed E-state index contributed by atoms with van der Waals surface area (Å²) in [7, 11) is -3.61. The second-order valence-electron chi connectivity index (χ2n) is 9.96. The minimum atomic E-state index is -3.61. The fraction of sp³-hybridized carbons (Fsp3) is 0.233. The Kier molecular flexibility index (Phi) is 8.25. The zero-order chi connectivity index (χ0) is 29.1. The fourth-order valence-corrected chi connectivity index (χ4v) is 7.17. The number of aryl methyl sites for hydroxylation is 2. The molecule has 41 heavy (non-hydrogen) atoms. The average Bonchev–Trinajstić information content (AvgIpc) is 2.93. The molecule has 9 nitrogen and oxygen atoms in total. The molecule has 0 unspecified atom stereocenters. The van der Waals surface area contributed by atoms with E-state index in [1.54, 1.807) is 36.5 Å². The van der Waals surface area contributed by atoms with Gasteiger partial charge in [-0.1, -0.05) is 23.7 Å². The number of amides is 1. The van der Waals surface area contributed by atoms with E-state index in [9.17, 15) is 13.2 Å². The first kappa shape index (κ1) is 28.5. The molecule has 1 amide bonds. The number of anilines is 4. The van der Waals surface area contributed by atoms with Crippen molar-refractivity contribution in [1.29, 1.82) is 0 Å². The van der Waals surface area contributed by atoms with Gasteiger partial charge >= 0.3 is 0 Å². The summed E-state index contributed by atoms with van der Waals surface area (Å²) >= 11 is 6.11. The molecular weight excluding hydrogens is 560 g/mol. The maximum Gasteiger partial charge on any atom is 0.243 e. The number of carbonyl (C=O) groups is 1. The van der Waals surface area contributed by atoms with Gasteiger partial charge < -0.3 is 15.5 Å². The van der Waals surface area contributed by atoms with Crippen molar-refractivity contribution in [3.8, 4) is 11.3 Å². The van der Waals surface area contributed by atoms with Gasteiger partial charge in [0.1, 0.15) is 0 Å². The van der Waals surface area contributed by atoms with E-state index in [4.69, 9.17) is 11.6 Å². The van der Waals surface area contributed by atoms with Gasteiger partial charge in [0.05, 0.1) is 10.6 Å². The second-order valence-corrected chi connectivity index (χ2v) is 12.3. The lowest BCUT2D eigenvalue weighted by molar-refractivity contribution is -0.114. The van der Waals surface area contributed by atoms with Crippen LogP contribution in [0.15, 0.2) is 77.8 Å². The van der Waals surface area contributed by atoms with Crippen molar-refractivity contribution in [3.63, 3.8) is 0 Å². The number of sulfonamides is 1. The molecule has 1 aromatic heterocycles. The van der Waals surface area contributed by atoms with Crippen molar-refractivity contribution < 1.29 is 13.2 Å². The SMILES string of the molecule is CC(=O)Nc1ccc(-c2ccnc(Nc3ccc(N4CCN(S(=O)(=O)c5c(C)cc(Cl)cc5C)CC4)cc3)n2)cc1. The van der Waals surface area contributed by atoms with E-state index in [1.807, 2.05) is 54.6 Å². The first-order valence-corrected chi connectivity index (χ1v) is 15.0. The highest BCUT2D eigenvalue weighted by Gasteiger charge is 2.31. The monoisotopic (exact) mass is 590 g/mol. The molecule has 5 rings (SSSR count). The van der Waals surface area contributed by atoms with E-state index in [1.165, 1.54) is 6.92 Å². The van der Waals surface area contributed by atoms with Crippen molar-refractivity contribution in [2.45, 2.75) is 25.7 Å². The van der Waals surface area contributed by atoms with E-state index < -0.39 is 10.0 Å². The molecule has 0 aliphatic carbocycles. The first-order valence-electron chi connectivity index (χ1n) is 13.2. The van der Waals surface area contributed by atoms with E-state index in [0.29, 0.717) is 53.2 Å². The molecule has 0 spiro atoms. The third-order valence-electron chi connectivity index (χ3n) is 6.91. The average molecular weight is 591 g/mol. The minimum Gasteiger partial charge on any atom is -0.369 e. The molecule has 3 aromatic carbocycles. The molecule has 212 valence electrons. The highest BCUT2D eigenvalue weighted by atomic mass is 35.5. The van der Waals surface area contributed by atoms with Gasteiger partial charge in [0.25, 0.3) is 0 Å².